The van der Waals surface area contributed by atoms with Crippen LogP contribution < -0.4 is 0 Å². The van der Waals surface area contributed by atoms with Crippen molar-refractivity contribution in [2.75, 3.05) is 13.6 Å². The number of hydrogen-bond acceptors (Lipinski definition) is 6. The van der Waals surface area contributed by atoms with Crippen molar-refractivity contribution in [3.05, 3.63) is 38.6 Å². The Bertz CT molecular complexity index is 652. The molecule has 2 aromatic rings. The number of hydrogen-bond donors (Lipinski definition) is 0. The van der Waals surface area contributed by atoms with Gasteiger partial charge in [-0.05, 0) is 0 Å². The number of rotatable bonds is 5. The second kappa shape index (κ2) is 6.00. The molecule has 2 aromatic heterocycles. The maximum absolute atomic E-state index is 12.4. The molecular weight excluding hydrogens is 294 g/mol. The molecule has 8 nitrogen and oxygen atoms in total. The molecule has 2 heterocycles. The van der Waals surface area contributed by atoms with Crippen molar-refractivity contribution in [1.29, 1.82) is 0 Å². The van der Waals surface area contributed by atoms with Crippen LogP contribution in [0.2, 0.25) is 0 Å². The van der Waals surface area contributed by atoms with Crippen molar-refractivity contribution >= 4 is 22.9 Å². The highest BCUT2D eigenvalue weighted by Crippen LogP contribution is 2.22. The van der Waals surface area contributed by atoms with Gasteiger partial charge in [0.2, 0.25) is 5.69 Å². The van der Waals surface area contributed by atoms with Crippen molar-refractivity contribution in [2.24, 2.45) is 7.05 Å². The number of carbonyl (C=O) groups is 1. The Labute approximate surface area is 125 Å². The van der Waals surface area contributed by atoms with E-state index in [2.05, 4.69) is 10.1 Å². The maximum atomic E-state index is 12.4. The van der Waals surface area contributed by atoms with Gasteiger partial charge in [-0.15, -0.1) is 11.3 Å². The maximum Gasteiger partial charge on any atom is 0.320 e. The number of likely N-dealkylation sites (N-methyl/N-ethyl adjacent to an activating group) is 1. The van der Waals surface area contributed by atoms with Gasteiger partial charge in [-0.1, -0.05) is 6.92 Å². The van der Waals surface area contributed by atoms with E-state index in [1.54, 1.807) is 13.2 Å². The molecule has 0 N–H and O–H groups in total. The Morgan fingerprint density at radius 2 is 2.33 bits per heavy atom. The summed E-state index contributed by atoms with van der Waals surface area (Å²) in [6.07, 6.45) is 2.80. The number of nitro groups is 1. The molecule has 0 bridgehead atoms. The quantitative estimate of drug-likeness (QED) is 0.618. The summed E-state index contributed by atoms with van der Waals surface area (Å²) in [5, 5.41) is 17.5. The van der Waals surface area contributed by atoms with Gasteiger partial charge in [-0.25, -0.2) is 4.98 Å². The van der Waals surface area contributed by atoms with Gasteiger partial charge in [0.25, 0.3) is 5.91 Å². The average molecular weight is 309 g/mol. The zero-order chi connectivity index (χ0) is 15.6. The van der Waals surface area contributed by atoms with Crippen LogP contribution in [0.25, 0.3) is 0 Å². The third-order valence-electron chi connectivity index (χ3n) is 3.09. The Morgan fingerprint density at radius 3 is 2.90 bits per heavy atom. The molecule has 1 amide bonds. The zero-order valence-corrected chi connectivity index (χ0v) is 12.7. The zero-order valence-electron chi connectivity index (χ0n) is 11.9. The molecule has 0 spiro atoms. The molecule has 0 saturated carbocycles. The van der Waals surface area contributed by atoms with Crippen molar-refractivity contribution in [2.45, 2.75) is 12.8 Å². The highest BCUT2D eigenvalue weighted by Gasteiger charge is 2.28. The summed E-state index contributed by atoms with van der Waals surface area (Å²) in [6, 6.07) is 0. The minimum Gasteiger partial charge on any atom is -0.339 e. The fourth-order valence-corrected chi connectivity index (χ4v) is 2.73. The molecular formula is C12H15N5O3S. The van der Waals surface area contributed by atoms with E-state index < -0.39 is 10.8 Å². The van der Waals surface area contributed by atoms with Crippen LogP contribution in [0.15, 0.2) is 17.8 Å². The summed E-state index contributed by atoms with van der Waals surface area (Å²) in [7, 11) is 3.13. The first-order valence-electron chi connectivity index (χ1n) is 6.23. The van der Waals surface area contributed by atoms with E-state index in [-0.39, 0.29) is 17.3 Å². The number of nitrogens with zero attached hydrogens (tertiary/aromatic N) is 5. The molecule has 0 radical (unpaired) electrons. The summed E-state index contributed by atoms with van der Waals surface area (Å²) >= 11 is 1.52. The first-order valence-corrected chi connectivity index (χ1v) is 7.11. The van der Waals surface area contributed by atoms with Gasteiger partial charge < -0.3 is 4.90 Å². The molecule has 0 fully saturated rings. The Kier molecular flexibility index (Phi) is 4.32. The number of amides is 1. The minimum atomic E-state index is -0.599. The van der Waals surface area contributed by atoms with Crippen molar-refractivity contribution in [3.8, 4) is 0 Å². The summed E-state index contributed by atoms with van der Waals surface area (Å²) < 4.78 is 1.23. The molecule has 0 aliphatic carbocycles. The average Bonchev–Trinajstić information content (AvgIpc) is 3.06. The standard InChI is InChI=1S/C12H15N5O3S/c1-8(11-13-4-5-21-11)7-15(2)12(18)10-9(17(19)20)6-14-16(10)3/h4-6,8H,7H2,1-3H3/t8-/m0/s1. The van der Waals surface area contributed by atoms with E-state index in [1.807, 2.05) is 12.3 Å². The Hall–Kier alpha value is -2.29. The van der Waals surface area contributed by atoms with Gasteiger partial charge in [0.1, 0.15) is 6.20 Å². The molecule has 0 unspecified atom stereocenters. The van der Waals surface area contributed by atoms with E-state index in [0.717, 1.165) is 11.2 Å². The minimum absolute atomic E-state index is 0.0196. The normalized spacial score (nSPS) is 12.1. The molecule has 21 heavy (non-hydrogen) atoms. The number of aryl methyl sites for hydroxylation is 1. The Balaban J connectivity index is 2.16. The topological polar surface area (TPSA) is 94.2 Å². The number of thiazole rings is 1. The van der Waals surface area contributed by atoms with E-state index in [0.29, 0.717) is 6.54 Å². The Morgan fingerprint density at radius 1 is 1.62 bits per heavy atom. The second-order valence-electron chi connectivity index (χ2n) is 4.72. The SMILES string of the molecule is C[C@@H](CN(C)C(=O)c1c([N+](=O)[O-])cnn1C)c1nccs1. The van der Waals surface area contributed by atoms with Crippen LogP contribution in [0, 0.1) is 10.1 Å². The first-order chi connectivity index (χ1) is 9.91. The van der Waals surface area contributed by atoms with Crippen LogP contribution in [0.5, 0.6) is 0 Å². The molecule has 0 aliphatic rings. The lowest BCUT2D eigenvalue weighted by Crippen LogP contribution is -2.32. The third-order valence-corrected chi connectivity index (χ3v) is 4.09. The van der Waals surface area contributed by atoms with Crippen LogP contribution in [0.4, 0.5) is 5.69 Å². The predicted molar refractivity (Wildman–Crippen MR) is 77.4 cm³/mol. The molecule has 112 valence electrons. The predicted octanol–water partition coefficient (Wildman–Crippen LogP) is 1.66. The van der Waals surface area contributed by atoms with Crippen molar-refractivity contribution < 1.29 is 9.72 Å². The van der Waals surface area contributed by atoms with E-state index in [4.69, 9.17) is 0 Å². The van der Waals surface area contributed by atoms with Crippen LogP contribution in [-0.2, 0) is 7.05 Å². The molecule has 2 rings (SSSR count). The fourth-order valence-electron chi connectivity index (χ4n) is 2.04. The van der Waals surface area contributed by atoms with E-state index in [1.165, 1.54) is 28.0 Å². The fraction of sp³-hybridized carbons (Fsp3) is 0.417. The van der Waals surface area contributed by atoms with Crippen LogP contribution >= 0.6 is 11.3 Å². The highest BCUT2D eigenvalue weighted by molar-refractivity contribution is 7.09. The van der Waals surface area contributed by atoms with Gasteiger partial charge in [-0.2, -0.15) is 5.10 Å². The van der Waals surface area contributed by atoms with Gasteiger partial charge in [0.05, 0.1) is 9.93 Å². The lowest BCUT2D eigenvalue weighted by molar-refractivity contribution is -0.385. The highest BCUT2D eigenvalue weighted by atomic mass is 32.1. The van der Waals surface area contributed by atoms with E-state index >= 15 is 0 Å². The monoisotopic (exact) mass is 309 g/mol. The summed E-state index contributed by atoms with van der Waals surface area (Å²) in [5.41, 5.74) is -0.301. The third kappa shape index (κ3) is 3.07. The number of aromatic nitrogens is 3. The molecule has 0 aromatic carbocycles. The van der Waals surface area contributed by atoms with Gasteiger partial charge in [0, 0.05) is 38.1 Å². The van der Waals surface area contributed by atoms with Gasteiger partial charge in [-0.3, -0.25) is 19.6 Å². The molecule has 9 heteroatoms. The van der Waals surface area contributed by atoms with Crippen molar-refractivity contribution in [1.82, 2.24) is 19.7 Å². The largest absolute Gasteiger partial charge is 0.339 e. The summed E-state index contributed by atoms with van der Waals surface area (Å²) in [5.74, 6) is -0.365. The van der Waals surface area contributed by atoms with E-state index in [9.17, 15) is 14.9 Å². The lowest BCUT2D eigenvalue weighted by atomic mass is 10.2. The second-order valence-corrected chi connectivity index (χ2v) is 5.64. The molecule has 0 saturated heterocycles. The molecule has 1 atom stereocenters. The molecule has 0 aliphatic heterocycles. The van der Waals surface area contributed by atoms with Crippen LogP contribution in [0.3, 0.4) is 0 Å². The summed E-state index contributed by atoms with van der Waals surface area (Å²) in [6.45, 7) is 2.38. The van der Waals surface area contributed by atoms with Crippen molar-refractivity contribution in [3.63, 3.8) is 0 Å². The summed E-state index contributed by atoms with van der Waals surface area (Å²) in [4.78, 5) is 28.4. The number of carbonyl (C=O) groups excluding carboxylic acids is 1. The lowest BCUT2D eigenvalue weighted by Gasteiger charge is -2.20. The van der Waals surface area contributed by atoms with Gasteiger partial charge in [0.15, 0.2) is 0 Å². The first kappa shape index (κ1) is 15.1. The van der Waals surface area contributed by atoms with Crippen LogP contribution in [0.1, 0.15) is 28.3 Å². The van der Waals surface area contributed by atoms with Gasteiger partial charge >= 0.3 is 5.69 Å². The van der Waals surface area contributed by atoms with Crippen LogP contribution in [-0.4, -0.2) is 44.1 Å². The smallest absolute Gasteiger partial charge is 0.320 e.